The molecule has 92 valence electrons. The number of hydrogen-bond donors (Lipinski definition) is 1. The Kier molecular flexibility index (Phi) is 4.08. The fourth-order valence-electron chi connectivity index (χ4n) is 1.59. The van der Waals surface area contributed by atoms with Gasteiger partial charge in [0.2, 0.25) is 0 Å². The van der Waals surface area contributed by atoms with Crippen molar-refractivity contribution in [2.45, 2.75) is 26.4 Å². The zero-order valence-electron chi connectivity index (χ0n) is 10.5. The van der Waals surface area contributed by atoms with E-state index in [1.54, 1.807) is 0 Å². The lowest BCUT2D eigenvalue weighted by atomic mass is 10.1. The quantitative estimate of drug-likeness (QED) is 0.915. The highest BCUT2D eigenvalue weighted by atomic mass is 32.1. The number of pyridine rings is 1. The van der Waals surface area contributed by atoms with Gasteiger partial charge in [-0.15, -0.1) is 11.3 Å². The fourth-order valence-corrected chi connectivity index (χ4v) is 2.38. The van der Waals surface area contributed by atoms with Crippen LogP contribution in [0.25, 0.3) is 10.4 Å². The van der Waals surface area contributed by atoms with Gasteiger partial charge in [0.15, 0.2) is 0 Å². The second-order valence-corrected chi connectivity index (χ2v) is 5.48. The third-order valence-corrected chi connectivity index (χ3v) is 3.55. The van der Waals surface area contributed by atoms with Crippen molar-refractivity contribution in [2.24, 2.45) is 0 Å². The van der Waals surface area contributed by atoms with Crippen LogP contribution in [0.3, 0.4) is 0 Å². The Hall–Kier alpha value is -1.70. The molecule has 3 nitrogen and oxygen atoms in total. The Balaban J connectivity index is 2.19. The summed E-state index contributed by atoms with van der Waals surface area (Å²) >= 11 is 1.50. The predicted octanol–water partition coefficient (Wildman–Crippen LogP) is 3.18. The molecule has 0 aliphatic heterocycles. The Bertz CT molecular complexity index is 566. The van der Waals surface area contributed by atoms with Crippen molar-refractivity contribution < 1.29 is 0 Å². The highest BCUT2D eigenvalue weighted by molar-refractivity contribution is 7.16. The number of rotatable bonds is 4. The van der Waals surface area contributed by atoms with Gasteiger partial charge in [-0.1, -0.05) is 13.8 Å². The van der Waals surface area contributed by atoms with E-state index >= 15 is 0 Å². The molecule has 0 atom stereocenters. The van der Waals surface area contributed by atoms with E-state index in [1.807, 2.05) is 24.5 Å². The van der Waals surface area contributed by atoms with Crippen molar-refractivity contribution in [3.05, 3.63) is 41.0 Å². The van der Waals surface area contributed by atoms with Crippen LogP contribution in [0.1, 0.15) is 24.3 Å². The van der Waals surface area contributed by atoms with Gasteiger partial charge >= 0.3 is 0 Å². The first-order chi connectivity index (χ1) is 8.69. The Morgan fingerprint density at radius 1 is 1.39 bits per heavy atom. The molecule has 2 heterocycles. The van der Waals surface area contributed by atoms with Crippen LogP contribution in [0.5, 0.6) is 0 Å². The summed E-state index contributed by atoms with van der Waals surface area (Å²) in [6.07, 6.45) is 3.71. The summed E-state index contributed by atoms with van der Waals surface area (Å²) in [5.74, 6) is 0. The molecule has 1 N–H and O–H groups in total. The standard InChI is InChI=1S/C14H15N3S/c1-10(2)17-8-11-5-12(9-16-7-11)14-4-3-13(6-15)18-14/h3-5,7,9-10,17H,8H2,1-2H3. The minimum absolute atomic E-state index is 0.459. The molecule has 2 aromatic rings. The van der Waals surface area contributed by atoms with Gasteiger partial charge < -0.3 is 5.32 Å². The van der Waals surface area contributed by atoms with E-state index < -0.39 is 0 Å². The zero-order valence-corrected chi connectivity index (χ0v) is 11.3. The third-order valence-electron chi connectivity index (χ3n) is 2.51. The topological polar surface area (TPSA) is 48.7 Å². The van der Waals surface area contributed by atoms with Crippen molar-refractivity contribution in [3.8, 4) is 16.5 Å². The number of nitrogens with zero attached hydrogens (tertiary/aromatic N) is 2. The van der Waals surface area contributed by atoms with E-state index in [2.05, 4.69) is 36.3 Å². The maximum atomic E-state index is 8.83. The molecule has 0 saturated carbocycles. The lowest BCUT2D eigenvalue weighted by Gasteiger charge is -2.08. The fraction of sp³-hybridized carbons (Fsp3) is 0.286. The molecule has 0 amide bonds. The Morgan fingerprint density at radius 2 is 2.22 bits per heavy atom. The lowest BCUT2D eigenvalue weighted by Crippen LogP contribution is -2.21. The third kappa shape index (κ3) is 3.16. The van der Waals surface area contributed by atoms with Crippen molar-refractivity contribution >= 4 is 11.3 Å². The summed E-state index contributed by atoms with van der Waals surface area (Å²) in [5, 5.41) is 12.2. The summed E-state index contributed by atoms with van der Waals surface area (Å²) in [4.78, 5) is 6.08. The van der Waals surface area contributed by atoms with E-state index in [-0.39, 0.29) is 0 Å². The molecule has 2 rings (SSSR count). The van der Waals surface area contributed by atoms with Gasteiger partial charge in [0, 0.05) is 35.4 Å². The number of thiophene rings is 1. The van der Waals surface area contributed by atoms with Crippen LogP contribution in [0.15, 0.2) is 30.6 Å². The molecule has 0 aliphatic carbocycles. The van der Waals surface area contributed by atoms with Crippen LogP contribution in [-0.2, 0) is 6.54 Å². The van der Waals surface area contributed by atoms with Gasteiger partial charge in [0.25, 0.3) is 0 Å². The summed E-state index contributed by atoms with van der Waals surface area (Å²) in [5.41, 5.74) is 2.23. The monoisotopic (exact) mass is 257 g/mol. The summed E-state index contributed by atoms with van der Waals surface area (Å²) in [7, 11) is 0. The predicted molar refractivity (Wildman–Crippen MR) is 74.2 cm³/mol. The van der Waals surface area contributed by atoms with E-state index in [1.165, 1.54) is 11.3 Å². The van der Waals surface area contributed by atoms with Crippen molar-refractivity contribution in [2.75, 3.05) is 0 Å². The molecule has 0 aliphatic rings. The highest BCUT2D eigenvalue weighted by Gasteiger charge is 2.04. The Labute approximate surface area is 111 Å². The molecule has 0 fully saturated rings. The number of aromatic nitrogens is 1. The van der Waals surface area contributed by atoms with Gasteiger partial charge in [-0.25, -0.2) is 0 Å². The van der Waals surface area contributed by atoms with Gasteiger partial charge in [-0.3, -0.25) is 4.98 Å². The molecule has 0 aromatic carbocycles. The van der Waals surface area contributed by atoms with Gasteiger partial charge in [-0.05, 0) is 23.8 Å². The van der Waals surface area contributed by atoms with Crippen LogP contribution >= 0.6 is 11.3 Å². The minimum atomic E-state index is 0.459. The van der Waals surface area contributed by atoms with Gasteiger partial charge in [-0.2, -0.15) is 5.26 Å². The summed E-state index contributed by atoms with van der Waals surface area (Å²) in [6.45, 7) is 5.06. The van der Waals surface area contributed by atoms with E-state index in [4.69, 9.17) is 5.26 Å². The number of hydrogen-bond acceptors (Lipinski definition) is 4. The average molecular weight is 257 g/mol. The SMILES string of the molecule is CC(C)NCc1cncc(-c2ccc(C#N)s2)c1. The first-order valence-electron chi connectivity index (χ1n) is 5.86. The molecule has 0 unspecified atom stereocenters. The number of nitrogens with one attached hydrogen (secondary N) is 1. The van der Waals surface area contributed by atoms with Crippen molar-refractivity contribution in [1.82, 2.24) is 10.3 Å². The first-order valence-corrected chi connectivity index (χ1v) is 6.68. The molecule has 0 saturated heterocycles. The van der Waals surface area contributed by atoms with Crippen molar-refractivity contribution in [3.63, 3.8) is 0 Å². The normalized spacial score (nSPS) is 10.6. The lowest BCUT2D eigenvalue weighted by molar-refractivity contribution is 0.588. The largest absolute Gasteiger partial charge is 0.310 e. The smallest absolute Gasteiger partial charge is 0.110 e. The first kappa shape index (κ1) is 12.7. The molecule has 2 aromatic heterocycles. The maximum absolute atomic E-state index is 8.83. The second-order valence-electron chi connectivity index (χ2n) is 4.39. The zero-order chi connectivity index (χ0) is 13.0. The van der Waals surface area contributed by atoms with Crippen LogP contribution in [0.4, 0.5) is 0 Å². The maximum Gasteiger partial charge on any atom is 0.110 e. The minimum Gasteiger partial charge on any atom is -0.310 e. The molecule has 0 radical (unpaired) electrons. The van der Waals surface area contributed by atoms with Gasteiger partial charge in [0.1, 0.15) is 10.9 Å². The molecule has 18 heavy (non-hydrogen) atoms. The molecular weight excluding hydrogens is 242 g/mol. The second kappa shape index (κ2) is 5.76. The van der Waals surface area contributed by atoms with E-state index in [9.17, 15) is 0 Å². The molecular formula is C14H15N3S. The number of nitriles is 1. The van der Waals surface area contributed by atoms with Crippen LogP contribution in [-0.4, -0.2) is 11.0 Å². The average Bonchev–Trinajstić information content (AvgIpc) is 2.85. The summed E-state index contributed by atoms with van der Waals surface area (Å²) < 4.78 is 0. The van der Waals surface area contributed by atoms with Gasteiger partial charge in [0.05, 0.1) is 0 Å². The molecule has 0 spiro atoms. The van der Waals surface area contributed by atoms with Crippen molar-refractivity contribution in [1.29, 1.82) is 5.26 Å². The van der Waals surface area contributed by atoms with E-state index in [0.717, 1.165) is 27.4 Å². The highest BCUT2D eigenvalue weighted by Crippen LogP contribution is 2.27. The summed E-state index contributed by atoms with van der Waals surface area (Å²) in [6, 6.07) is 8.56. The van der Waals surface area contributed by atoms with Crippen LogP contribution in [0, 0.1) is 11.3 Å². The van der Waals surface area contributed by atoms with Crippen LogP contribution in [0.2, 0.25) is 0 Å². The van der Waals surface area contributed by atoms with Crippen LogP contribution < -0.4 is 5.32 Å². The van der Waals surface area contributed by atoms with E-state index in [0.29, 0.717) is 6.04 Å². The molecule has 4 heteroatoms. The Morgan fingerprint density at radius 3 is 2.89 bits per heavy atom. The molecule has 0 bridgehead atoms.